The van der Waals surface area contributed by atoms with Gasteiger partial charge in [-0.1, -0.05) is 32.5 Å². The molecule has 0 unspecified atom stereocenters. The van der Waals surface area contributed by atoms with Crippen LogP contribution in [0.5, 0.6) is 0 Å². The highest BCUT2D eigenvalue weighted by Crippen LogP contribution is 2.42. The van der Waals surface area contributed by atoms with E-state index in [0.29, 0.717) is 23.0 Å². The highest BCUT2D eigenvalue weighted by molar-refractivity contribution is 8.00. The van der Waals surface area contributed by atoms with Crippen LogP contribution in [0.15, 0.2) is 11.2 Å². The van der Waals surface area contributed by atoms with E-state index in [4.69, 9.17) is 0 Å². The number of thiophene rings is 1. The van der Waals surface area contributed by atoms with Crippen LogP contribution in [0.25, 0.3) is 10.7 Å². The lowest BCUT2D eigenvalue weighted by molar-refractivity contribution is -0.119. The second kappa shape index (κ2) is 9.09. The summed E-state index contributed by atoms with van der Waals surface area (Å²) in [4.78, 5) is 26.4. The van der Waals surface area contributed by atoms with Crippen LogP contribution in [0.3, 0.4) is 0 Å². The molecule has 0 bridgehead atoms. The first-order valence-electron chi connectivity index (χ1n) is 10.4. The number of nitrogens with zero attached hydrogens (tertiary/aromatic N) is 3. The summed E-state index contributed by atoms with van der Waals surface area (Å²) in [5.41, 5.74) is 1.76. The van der Waals surface area contributed by atoms with Crippen molar-refractivity contribution in [2.75, 3.05) is 6.54 Å². The number of carbonyl (C=O) groups excluding carboxylic acids is 2. The van der Waals surface area contributed by atoms with E-state index in [1.54, 1.807) is 25.2 Å². The molecule has 9 heteroatoms. The van der Waals surface area contributed by atoms with E-state index in [-0.39, 0.29) is 5.91 Å². The molecule has 1 aliphatic rings. The number of imide groups is 1. The second-order valence-corrected chi connectivity index (χ2v) is 11.3. The Morgan fingerprint density at radius 3 is 2.77 bits per heavy atom. The van der Waals surface area contributed by atoms with Gasteiger partial charge in [0.2, 0.25) is 5.91 Å². The number of rotatable bonds is 5. The third-order valence-corrected chi connectivity index (χ3v) is 7.96. The van der Waals surface area contributed by atoms with Gasteiger partial charge >= 0.3 is 6.03 Å². The molecule has 1 aliphatic carbocycles. The number of aryl methyl sites for hydroxylation is 1. The maximum absolute atomic E-state index is 12.2. The molecular formula is C21H31N5O2S2. The topological polar surface area (TPSA) is 88.9 Å². The number of nitrogens with one attached hydrogen (secondary N) is 2. The van der Waals surface area contributed by atoms with Crippen molar-refractivity contribution in [2.45, 2.75) is 64.3 Å². The van der Waals surface area contributed by atoms with Crippen LogP contribution in [0.4, 0.5) is 4.79 Å². The van der Waals surface area contributed by atoms with Gasteiger partial charge in [-0.15, -0.1) is 21.5 Å². The molecule has 0 saturated carbocycles. The van der Waals surface area contributed by atoms with E-state index in [9.17, 15) is 9.59 Å². The van der Waals surface area contributed by atoms with Gasteiger partial charge in [0.05, 0.1) is 10.1 Å². The monoisotopic (exact) mass is 449 g/mol. The van der Waals surface area contributed by atoms with Crippen molar-refractivity contribution in [1.82, 2.24) is 25.4 Å². The number of carbonyl (C=O) groups is 2. The lowest BCUT2D eigenvalue weighted by atomic mass is 9.72. The van der Waals surface area contributed by atoms with Gasteiger partial charge in [0.25, 0.3) is 0 Å². The predicted molar refractivity (Wildman–Crippen MR) is 122 cm³/mol. The minimum Gasteiger partial charge on any atom is -0.338 e. The summed E-state index contributed by atoms with van der Waals surface area (Å²) in [6.07, 6.45) is 3.47. The zero-order valence-electron chi connectivity index (χ0n) is 18.5. The Hall–Kier alpha value is -1.87. The summed E-state index contributed by atoms with van der Waals surface area (Å²) in [6, 6.07) is 1.79. The number of aromatic nitrogens is 3. The quantitative estimate of drug-likeness (QED) is 0.673. The number of hydrogen-bond donors (Lipinski definition) is 2. The summed E-state index contributed by atoms with van der Waals surface area (Å²) in [7, 11) is 1.92. The highest BCUT2D eigenvalue weighted by Gasteiger charge is 2.30. The highest BCUT2D eigenvalue weighted by atomic mass is 32.2. The summed E-state index contributed by atoms with van der Waals surface area (Å²) in [5, 5.41) is 13.8. The molecule has 0 aromatic carbocycles. The summed E-state index contributed by atoms with van der Waals surface area (Å²) < 4.78 is 1.93. The van der Waals surface area contributed by atoms with Gasteiger partial charge in [-0.25, -0.2) is 4.79 Å². The Bertz CT molecular complexity index is 928. The number of amides is 3. The van der Waals surface area contributed by atoms with E-state index in [2.05, 4.69) is 47.7 Å². The minimum absolute atomic E-state index is 0.319. The fourth-order valence-corrected chi connectivity index (χ4v) is 5.68. The Labute approximate surface area is 186 Å². The Balaban J connectivity index is 1.71. The molecule has 2 aromatic rings. The molecule has 0 saturated heterocycles. The molecular weight excluding hydrogens is 418 g/mol. The van der Waals surface area contributed by atoms with Crippen molar-refractivity contribution in [3.8, 4) is 10.7 Å². The van der Waals surface area contributed by atoms with Crippen molar-refractivity contribution >= 4 is 35.0 Å². The average molecular weight is 450 g/mol. The lowest BCUT2D eigenvalue weighted by Gasteiger charge is -2.33. The van der Waals surface area contributed by atoms with E-state index in [0.717, 1.165) is 23.5 Å². The van der Waals surface area contributed by atoms with Crippen molar-refractivity contribution in [1.29, 1.82) is 0 Å². The van der Waals surface area contributed by atoms with E-state index < -0.39 is 11.3 Å². The fourth-order valence-electron chi connectivity index (χ4n) is 3.64. The third-order valence-electron chi connectivity index (χ3n) is 5.59. The first-order chi connectivity index (χ1) is 14.1. The van der Waals surface area contributed by atoms with E-state index in [1.165, 1.54) is 28.6 Å². The molecule has 30 heavy (non-hydrogen) atoms. The average Bonchev–Trinajstić information content (AvgIpc) is 3.24. The molecule has 0 spiro atoms. The number of urea groups is 1. The molecule has 2 N–H and O–H groups in total. The zero-order valence-corrected chi connectivity index (χ0v) is 20.2. The zero-order chi connectivity index (χ0) is 22.1. The van der Waals surface area contributed by atoms with E-state index in [1.807, 2.05) is 11.6 Å². The van der Waals surface area contributed by atoms with Crippen molar-refractivity contribution in [3.63, 3.8) is 0 Å². The summed E-state index contributed by atoms with van der Waals surface area (Å²) >= 11 is 3.10. The van der Waals surface area contributed by atoms with Gasteiger partial charge < -0.3 is 9.88 Å². The Kier molecular flexibility index (Phi) is 6.91. The summed E-state index contributed by atoms with van der Waals surface area (Å²) in [6.45, 7) is 11.0. The molecule has 0 fully saturated rings. The second-order valence-electron chi connectivity index (χ2n) is 8.84. The number of hydrogen-bond acceptors (Lipinski definition) is 6. The minimum atomic E-state index is -0.480. The smallest absolute Gasteiger partial charge is 0.321 e. The molecule has 2 atom stereocenters. The molecule has 7 nitrogen and oxygen atoms in total. The molecule has 0 radical (unpaired) electrons. The predicted octanol–water partition coefficient (Wildman–Crippen LogP) is 4.02. The Morgan fingerprint density at radius 1 is 1.37 bits per heavy atom. The number of fused-ring (bicyclic) bond motifs is 1. The molecule has 3 amide bonds. The standard InChI is InChI=1S/C21H31N5O2S2/c1-7-22-19(28)23-18(27)12(2)29-20-25-24-17(26(20)6)16-11-13-10-14(21(3,4)5)8-9-15(13)30-16/h11-12,14H,7-10H2,1-6H3,(H2,22,23,27,28)/t12-,14+/m0/s1. The SMILES string of the molecule is CCNC(=O)NC(=O)[C@H](C)Sc1nnc(-c2cc3c(s2)CC[C@@H](C(C)(C)C)C3)n1C. The largest absolute Gasteiger partial charge is 0.338 e. The molecule has 3 rings (SSSR count). The van der Waals surface area contributed by atoms with Crippen molar-refractivity contribution in [3.05, 3.63) is 16.5 Å². The van der Waals surface area contributed by atoms with Gasteiger partial charge in [-0.05, 0) is 56.1 Å². The molecule has 0 aliphatic heterocycles. The molecule has 164 valence electrons. The lowest BCUT2D eigenvalue weighted by Crippen LogP contribution is -2.42. The van der Waals surface area contributed by atoms with Crippen LogP contribution >= 0.6 is 23.1 Å². The summed E-state index contributed by atoms with van der Waals surface area (Å²) in [5.74, 6) is 1.16. The maximum atomic E-state index is 12.2. The van der Waals surface area contributed by atoms with Gasteiger partial charge in [-0.2, -0.15) is 0 Å². The van der Waals surface area contributed by atoms with Crippen LogP contribution in [-0.2, 0) is 24.7 Å². The van der Waals surface area contributed by atoms with Crippen LogP contribution in [-0.4, -0.2) is 38.5 Å². The Morgan fingerprint density at radius 2 is 2.10 bits per heavy atom. The third kappa shape index (κ3) is 5.06. The normalized spacial score (nSPS) is 17.3. The van der Waals surface area contributed by atoms with Crippen molar-refractivity contribution in [2.24, 2.45) is 18.4 Å². The van der Waals surface area contributed by atoms with Crippen LogP contribution in [0, 0.1) is 11.3 Å². The van der Waals surface area contributed by atoms with Gasteiger partial charge in [0.1, 0.15) is 0 Å². The van der Waals surface area contributed by atoms with Crippen LogP contribution in [0.1, 0.15) is 51.5 Å². The van der Waals surface area contributed by atoms with E-state index >= 15 is 0 Å². The van der Waals surface area contributed by atoms with Crippen LogP contribution < -0.4 is 10.6 Å². The fraction of sp³-hybridized carbons (Fsp3) is 0.619. The van der Waals surface area contributed by atoms with Gasteiger partial charge in [0.15, 0.2) is 11.0 Å². The van der Waals surface area contributed by atoms with Gasteiger partial charge in [0, 0.05) is 18.5 Å². The molecule has 2 heterocycles. The number of thioether (sulfide) groups is 1. The van der Waals surface area contributed by atoms with Gasteiger partial charge in [-0.3, -0.25) is 10.1 Å². The first kappa shape index (κ1) is 22.8. The molecule has 2 aromatic heterocycles. The van der Waals surface area contributed by atoms with Crippen LogP contribution in [0.2, 0.25) is 0 Å². The van der Waals surface area contributed by atoms with Crippen molar-refractivity contribution < 1.29 is 9.59 Å². The first-order valence-corrected chi connectivity index (χ1v) is 12.1. The maximum Gasteiger partial charge on any atom is 0.321 e.